The summed E-state index contributed by atoms with van der Waals surface area (Å²) in [6.07, 6.45) is 5.79. The van der Waals surface area contributed by atoms with E-state index in [1.54, 1.807) is 0 Å². The number of aliphatic hydroxyl groups is 1. The van der Waals surface area contributed by atoms with Gasteiger partial charge in [0.2, 0.25) is 0 Å². The maximum absolute atomic E-state index is 9.62. The number of anilines is 2. The number of nitrogens with zero attached hydrogens (tertiary/aromatic N) is 2. The highest BCUT2D eigenvalue weighted by atomic mass is 16.3. The standard InChI is InChI=1S/C16H27N3O/c1-3-13(4-2)12-18-15-6-5-9-17-16(15)19-10-7-14(20)8-11-19/h5-6,9,13-14,18,20H,3-4,7-8,10-12H2,1-2H3. The van der Waals surface area contributed by atoms with E-state index in [0.29, 0.717) is 5.92 Å². The average molecular weight is 277 g/mol. The lowest BCUT2D eigenvalue weighted by Gasteiger charge is -2.32. The molecule has 0 aromatic carbocycles. The smallest absolute Gasteiger partial charge is 0.151 e. The van der Waals surface area contributed by atoms with Gasteiger partial charge in [-0.05, 0) is 30.9 Å². The fourth-order valence-electron chi connectivity index (χ4n) is 2.70. The Kier molecular flexibility index (Phi) is 5.65. The lowest BCUT2D eigenvalue weighted by molar-refractivity contribution is 0.145. The van der Waals surface area contributed by atoms with E-state index in [-0.39, 0.29) is 6.10 Å². The molecule has 1 aromatic rings. The Morgan fingerprint density at radius 3 is 2.70 bits per heavy atom. The highest BCUT2D eigenvalue weighted by Crippen LogP contribution is 2.26. The Hall–Kier alpha value is -1.29. The summed E-state index contributed by atoms with van der Waals surface area (Å²) in [5.74, 6) is 1.75. The summed E-state index contributed by atoms with van der Waals surface area (Å²) in [5.41, 5.74) is 1.12. The van der Waals surface area contributed by atoms with Crippen LogP contribution in [0.3, 0.4) is 0 Å². The van der Waals surface area contributed by atoms with Crippen molar-refractivity contribution in [3.8, 4) is 0 Å². The summed E-state index contributed by atoms with van der Waals surface area (Å²) < 4.78 is 0. The normalized spacial score (nSPS) is 16.7. The Morgan fingerprint density at radius 1 is 1.35 bits per heavy atom. The van der Waals surface area contributed by atoms with Gasteiger partial charge in [0.25, 0.3) is 0 Å². The number of aliphatic hydroxyl groups excluding tert-OH is 1. The van der Waals surface area contributed by atoms with Gasteiger partial charge in [-0.15, -0.1) is 0 Å². The van der Waals surface area contributed by atoms with Gasteiger partial charge in [-0.2, -0.15) is 0 Å². The second-order valence-corrected chi connectivity index (χ2v) is 5.66. The maximum atomic E-state index is 9.62. The first-order valence-corrected chi connectivity index (χ1v) is 7.86. The van der Waals surface area contributed by atoms with E-state index in [1.807, 2.05) is 12.3 Å². The largest absolute Gasteiger partial charge is 0.393 e. The fourth-order valence-corrected chi connectivity index (χ4v) is 2.70. The Labute approximate surface area is 122 Å². The van der Waals surface area contributed by atoms with Crippen LogP contribution in [0, 0.1) is 5.92 Å². The summed E-state index contributed by atoms with van der Waals surface area (Å²) in [6.45, 7) is 7.26. The number of aromatic nitrogens is 1. The van der Waals surface area contributed by atoms with Crippen LogP contribution < -0.4 is 10.2 Å². The minimum Gasteiger partial charge on any atom is -0.393 e. The molecule has 0 aliphatic carbocycles. The zero-order chi connectivity index (χ0) is 14.4. The number of pyridine rings is 1. The lowest BCUT2D eigenvalue weighted by atomic mass is 10.0. The third-order valence-electron chi connectivity index (χ3n) is 4.29. The molecule has 1 aliphatic heterocycles. The molecule has 0 bridgehead atoms. The third-order valence-corrected chi connectivity index (χ3v) is 4.29. The maximum Gasteiger partial charge on any atom is 0.151 e. The molecule has 1 aromatic heterocycles. The number of piperidine rings is 1. The Morgan fingerprint density at radius 2 is 2.05 bits per heavy atom. The van der Waals surface area contributed by atoms with E-state index in [2.05, 4.69) is 35.1 Å². The zero-order valence-electron chi connectivity index (χ0n) is 12.7. The van der Waals surface area contributed by atoms with Crippen molar-refractivity contribution >= 4 is 11.5 Å². The van der Waals surface area contributed by atoms with Crippen LogP contribution in [0.25, 0.3) is 0 Å². The molecular formula is C16H27N3O. The van der Waals surface area contributed by atoms with E-state index in [4.69, 9.17) is 0 Å². The van der Waals surface area contributed by atoms with E-state index in [9.17, 15) is 5.11 Å². The Bertz CT molecular complexity index is 398. The SMILES string of the molecule is CCC(CC)CNc1cccnc1N1CCC(O)CC1. The fraction of sp³-hybridized carbons (Fsp3) is 0.688. The van der Waals surface area contributed by atoms with E-state index >= 15 is 0 Å². The average Bonchev–Trinajstić information content (AvgIpc) is 2.50. The van der Waals surface area contributed by atoms with Crippen LogP contribution in [0.5, 0.6) is 0 Å². The number of nitrogens with one attached hydrogen (secondary N) is 1. The van der Waals surface area contributed by atoms with Crippen molar-refractivity contribution in [2.75, 3.05) is 29.9 Å². The minimum atomic E-state index is -0.143. The van der Waals surface area contributed by atoms with Gasteiger partial charge >= 0.3 is 0 Å². The summed E-state index contributed by atoms with van der Waals surface area (Å²) in [4.78, 5) is 6.82. The van der Waals surface area contributed by atoms with Crippen molar-refractivity contribution in [3.63, 3.8) is 0 Å². The molecule has 4 heteroatoms. The van der Waals surface area contributed by atoms with Crippen LogP contribution in [0.2, 0.25) is 0 Å². The highest BCUT2D eigenvalue weighted by Gasteiger charge is 2.20. The van der Waals surface area contributed by atoms with E-state index in [0.717, 1.165) is 44.0 Å². The summed E-state index contributed by atoms with van der Waals surface area (Å²) >= 11 is 0. The van der Waals surface area contributed by atoms with Crippen molar-refractivity contribution in [2.24, 2.45) is 5.92 Å². The topological polar surface area (TPSA) is 48.4 Å². The molecule has 0 atom stereocenters. The third kappa shape index (κ3) is 3.85. The molecule has 0 spiro atoms. The monoisotopic (exact) mass is 277 g/mol. The van der Waals surface area contributed by atoms with Crippen LogP contribution >= 0.6 is 0 Å². The van der Waals surface area contributed by atoms with Crippen molar-refractivity contribution in [1.82, 2.24) is 4.98 Å². The van der Waals surface area contributed by atoms with E-state index < -0.39 is 0 Å². The molecule has 0 radical (unpaired) electrons. The van der Waals surface area contributed by atoms with Gasteiger partial charge in [-0.3, -0.25) is 0 Å². The highest BCUT2D eigenvalue weighted by molar-refractivity contribution is 5.65. The number of hydrogen-bond acceptors (Lipinski definition) is 4. The van der Waals surface area contributed by atoms with Crippen LogP contribution in [0.4, 0.5) is 11.5 Å². The van der Waals surface area contributed by atoms with Crippen molar-refractivity contribution in [2.45, 2.75) is 45.6 Å². The first kappa shape index (κ1) is 15.1. The van der Waals surface area contributed by atoms with Gasteiger partial charge in [0.05, 0.1) is 11.8 Å². The molecule has 0 saturated carbocycles. The molecule has 2 N–H and O–H groups in total. The molecule has 1 aliphatic rings. The van der Waals surface area contributed by atoms with Gasteiger partial charge in [0.15, 0.2) is 5.82 Å². The summed E-state index contributed by atoms with van der Waals surface area (Å²) in [7, 11) is 0. The predicted octanol–water partition coefficient (Wildman–Crippen LogP) is 2.89. The molecule has 20 heavy (non-hydrogen) atoms. The first-order valence-electron chi connectivity index (χ1n) is 7.86. The van der Waals surface area contributed by atoms with Gasteiger partial charge in [0, 0.05) is 25.8 Å². The second-order valence-electron chi connectivity index (χ2n) is 5.66. The number of hydrogen-bond donors (Lipinski definition) is 2. The molecule has 112 valence electrons. The summed E-state index contributed by atoms with van der Waals surface area (Å²) in [6, 6.07) is 4.09. The van der Waals surface area contributed by atoms with Crippen molar-refractivity contribution in [3.05, 3.63) is 18.3 Å². The molecule has 4 nitrogen and oxygen atoms in total. The molecule has 2 rings (SSSR count). The second kappa shape index (κ2) is 7.48. The van der Waals surface area contributed by atoms with Crippen LogP contribution in [0.1, 0.15) is 39.5 Å². The zero-order valence-corrected chi connectivity index (χ0v) is 12.7. The molecular weight excluding hydrogens is 250 g/mol. The van der Waals surface area contributed by atoms with Crippen molar-refractivity contribution in [1.29, 1.82) is 0 Å². The van der Waals surface area contributed by atoms with Crippen molar-refractivity contribution < 1.29 is 5.11 Å². The van der Waals surface area contributed by atoms with Crippen LogP contribution in [-0.2, 0) is 0 Å². The van der Waals surface area contributed by atoms with Gasteiger partial charge in [-0.1, -0.05) is 26.7 Å². The van der Waals surface area contributed by atoms with Gasteiger partial charge < -0.3 is 15.3 Å². The molecule has 0 unspecified atom stereocenters. The van der Waals surface area contributed by atoms with Gasteiger partial charge in [0.1, 0.15) is 0 Å². The van der Waals surface area contributed by atoms with E-state index in [1.165, 1.54) is 12.8 Å². The number of rotatable bonds is 6. The van der Waals surface area contributed by atoms with Gasteiger partial charge in [-0.25, -0.2) is 4.98 Å². The van der Waals surface area contributed by atoms with Crippen LogP contribution in [0.15, 0.2) is 18.3 Å². The molecule has 1 saturated heterocycles. The van der Waals surface area contributed by atoms with Crippen LogP contribution in [-0.4, -0.2) is 35.8 Å². The predicted molar refractivity (Wildman–Crippen MR) is 84.3 cm³/mol. The Balaban J connectivity index is 2.02. The molecule has 0 amide bonds. The minimum absolute atomic E-state index is 0.143. The molecule has 1 fully saturated rings. The molecule has 2 heterocycles. The quantitative estimate of drug-likeness (QED) is 0.839. The summed E-state index contributed by atoms with van der Waals surface area (Å²) in [5, 5.41) is 13.2. The lowest BCUT2D eigenvalue weighted by Crippen LogP contribution is -2.36. The first-order chi connectivity index (χ1) is 9.74.